The van der Waals surface area contributed by atoms with Crippen molar-refractivity contribution in [1.29, 1.82) is 0 Å². The summed E-state index contributed by atoms with van der Waals surface area (Å²) < 4.78 is 0. The predicted molar refractivity (Wildman–Crippen MR) is 58.6 cm³/mol. The fourth-order valence-corrected chi connectivity index (χ4v) is 1.54. The van der Waals surface area contributed by atoms with Gasteiger partial charge in [0.05, 0.1) is 5.92 Å². The van der Waals surface area contributed by atoms with Crippen molar-refractivity contribution in [1.82, 2.24) is 0 Å². The molecule has 14 heavy (non-hydrogen) atoms. The Kier molecular flexibility index (Phi) is 6.62. The van der Waals surface area contributed by atoms with E-state index in [2.05, 4.69) is 0 Å². The van der Waals surface area contributed by atoms with Gasteiger partial charge >= 0.3 is 5.97 Å². The smallest absolute Gasteiger partial charge is 0.306 e. The zero-order valence-corrected chi connectivity index (χ0v) is 9.76. The first-order valence-corrected chi connectivity index (χ1v) is 6.14. The van der Waals surface area contributed by atoms with Gasteiger partial charge in [-0.1, -0.05) is 13.8 Å². The molecule has 3 nitrogen and oxygen atoms in total. The van der Waals surface area contributed by atoms with Crippen molar-refractivity contribution in [3.8, 4) is 0 Å². The van der Waals surface area contributed by atoms with Crippen molar-refractivity contribution in [2.24, 2.45) is 11.8 Å². The van der Waals surface area contributed by atoms with Gasteiger partial charge in [0.15, 0.2) is 0 Å². The Morgan fingerprint density at radius 1 is 1.29 bits per heavy atom. The average molecular weight is 218 g/mol. The van der Waals surface area contributed by atoms with Crippen LogP contribution in [0.25, 0.3) is 0 Å². The molecule has 4 heteroatoms. The van der Waals surface area contributed by atoms with Crippen LogP contribution in [0, 0.1) is 11.8 Å². The van der Waals surface area contributed by atoms with Crippen LogP contribution >= 0.6 is 11.8 Å². The maximum Gasteiger partial charge on any atom is 0.306 e. The van der Waals surface area contributed by atoms with Crippen molar-refractivity contribution in [2.75, 3.05) is 12.0 Å². The van der Waals surface area contributed by atoms with Crippen molar-refractivity contribution in [3.05, 3.63) is 0 Å². The molecule has 0 saturated carbocycles. The van der Waals surface area contributed by atoms with E-state index in [1.54, 1.807) is 25.6 Å². The molecule has 0 amide bonds. The predicted octanol–water partition coefficient (Wildman–Crippen LogP) is 2.06. The van der Waals surface area contributed by atoms with Gasteiger partial charge in [-0.3, -0.25) is 9.59 Å². The van der Waals surface area contributed by atoms with Gasteiger partial charge in [-0.25, -0.2) is 0 Å². The normalized spacial score (nSPS) is 14.8. The molecule has 0 fully saturated rings. The Bertz CT molecular complexity index is 204. The minimum Gasteiger partial charge on any atom is -0.481 e. The van der Waals surface area contributed by atoms with Gasteiger partial charge in [-0.15, -0.1) is 0 Å². The van der Waals surface area contributed by atoms with Crippen molar-refractivity contribution >= 4 is 23.5 Å². The number of hydrogen-bond donors (Lipinski definition) is 1. The Morgan fingerprint density at radius 3 is 2.29 bits per heavy atom. The van der Waals surface area contributed by atoms with Gasteiger partial charge in [0.2, 0.25) is 0 Å². The number of carboxylic acids is 1. The third kappa shape index (κ3) is 4.65. The molecule has 0 saturated heterocycles. The molecule has 0 aliphatic heterocycles. The molecule has 0 bridgehead atoms. The lowest BCUT2D eigenvalue weighted by Gasteiger charge is -2.14. The first-order chi connectivity index (χ1) is 6.50. The molecule has 1 N–H and O–H groups in total. The van der Waals surface area contributed by atoms with E-state index in [9.17, 15) is 9.59 Å². The van der Waals surface area contributed by atoms with E-state index in [1.165, 1.54) is 0 Å². The fourth-order valence-electron chi connectivity index (χ4n) is 1.11. The average Bonchev–Trinajstić information content (AvgIpc) is 2.15. The van der Waals surface area contributed by atoms with E-state index < -0.39 is 11.9 Å². The van der Waals surface area contributed by atoms with Gasteiger partial charge < -0.3 is 5.11 Å². The van der Waals surface area contributed by atoms with Crippen molar-refractivity contribution in [2.45, 2.75) is 26.7 Å². The van der Waals surface area contributed by atoms with Gasteiger partial charge in [0.1, 0.15) is 5.78 Å². The van der Waals surface area contributed by atoms with Crippen LogP contribution in [0.15, 0.2) is 0 Å². The number of thioether (sulfide) groups is 1. The second-order valence-electron chi connectivity index (χ2n) is 3.48. The van der Waals surface area contributed by atoms with Crippen LogP contribution in [-0.2, 0) is 9.59 Å². The highest BCUT2D eigenvalue weighted by molar-refractivity contribution is 7.98. The highest BCUT2D eigenvalue weighted by Gasteiger charge is 2.24. The first kappa shape index (κ1) is 13.5. The largest absolute Gasteiger partial charge is 0.481 e. The SMILES string of the molecule is CSCCCC(=O)C(C)C(C)C(=O)O. The Hall–Kier alpha value is -0.510. The summed E-state index contributed by atoms with van der Waals surface area (Å²) in [5, 5.41) is 8.72. The molecule has 2 atom stereocenters. The highest BCUT2D eigenvalue weighted by Crippen LogP contribution is 2.15. The van der Waals surface area contributed by atoms with Gasteiger partial charge in [-0.2, -0.15) is 11.8 Å². The number of carbonyl (C=O) groups excluding carboxylic acids is 1. The molecule has 2 unspecified atom stereocenters. The monoisotopic (exact) mass is 218 g/mol. The second-order valence-corrected chi connectivity index (χ2v) is 4.46. The topological polar surface area (TPSA) is 54.4 Å². The van der Waals surface area contributed by atoms with Gasteiger partial charge in [0.25, 0.3) is 0 Å². The number of Topliss-reactive ketones (excluding diaryl/α,β-unsaturated/α-hetero) is 1. The van der Waals surface area contributed by atoms with E-state index in [-0.39, 0.29) is 11.7 Å². The van der Waals surface area contributed by atoms with Crippen LogP contribution in [0.1, 0.15) is 26.7 Å². The summed E-state index contributed by atoms with van der Waals surface area (Å²) in [6, 6.07) is 0. The second kappa shape index (κ2) is 6.87. The molecule has 82 valence electrons. The molecular formula is C10H18O3S. The summed E-state index contributed by atoms with van der Waals surface area (Å²) in [5.41, 5.74) is 0. The summed E-state index contributed by atoms with van der Waals surface area (Å²) in [5.74, 6) is -0.810. The molecule has 0 heterocycles. The molecule has 0 spiro atoms. The van der Waals surface area contributed by atoms with E-state index in [1.807, 2.05) is 6.26 Å². The number of carbonyl (C=O) groups is 2. The van der Waals surface area contributed by atoms with Crippen LogP contribution < -0.4 is 0 Å². The zero-order valence-electron chi connectivity index (χ0n) is 8.95. The maximum atomic E-state index is 11.5. The lowest BCUT2D eigenvalue weighted by atomic mass is 9.90. The third-order valence-electron chi connectivity index (χ3n) is 2.42. The number of rotatable bonds is 7. The van der Waals surface area contributed by atoms with E-state index in [0.29, 0.717) is 6.42 Å². The summed E-state index contributed by atoms with van der Waals surface area (Å²) in [4.78, 5) is 22.1. The quantitative estimate of drug-likeness (QED) is 0.664. The zero-order chi connectivity index (χ0) is 11.1. The van der Waals surface area contributed by atoms with Crippen molar-refractivity contribution in [3.63, 3.8) is 0 Å². The van der Waals surface area contributed by atoms with Crippen LogP contribution in [0.2, 0.25) is 0 Å². The molecule has 0 aromatic heterocycles. The molecule has 0 aromatic carbocycles. The number of hydrogen-bond acceptors (Lipinski definition) is 3. The lowest BCUT2D eigenvalue weighted by molar-refractivity contribution is -0.145. The summed E-state index contributed by atoms with van der Waals surface area (Å²) in [7, 11) is 0. The molecule has 0 radical (unpaired) electrons. The lowest BCUT2D eigenvalue weighted by Crippen LogP contribution is -2.25. The molecule has 0 aromatic rings. The van der Waals surface area contributed by atoms with Crippen LogP contribution in [0.4, 0.5) is 0 Å². The molecule has 0 aliphatic carbocycles. The number of ketones is 1. The maximum absolute atomic E-state index is 11.5. The summed E-state index contributed by atoms with van der Waals surface area (Å²) in [6.07, 6.45) is 3.34. The molecule has 0 aliphatic rings. The van der Waals surface area contributed by atoms with Crippen molar-refractivity contribution < 1.29 is 14.7 Å². The molecular weight excluding hydrogens is 200 g/mol. The van der Waals surface area contributed by atoms with Crippen LogP contribution in [0.5, 0.6) is 0 Å². The van der Waals surface area contributed by atoms with Gasteiger partial charge in [-0.05, 0) is 18.4 Å². The summed E-state index contributed by atoms with van der Waals surface area (Å²) in [6.45, 7) is 3.28. The van der Waals surface area contributed by atoms with E-state index in [0.717, 1.165) is 12.2 Å². The summed E-state index contributed by atoms with van der Waals surface area (Å²) >= 11 is 1.70. The number of carboxylic acid groups (broad SMARTS) is 1. The third-order valence-corrected chi connectivity index (χ3v) is 3.12. The first-order valence-electron chi connectivity index (χ1n) is 4.75. The number of aliphatic carboxylic acids is 1. The minimum atomic E-state index is -0.893. The standard InChI is InChI=1S/C10H18O3S/c1-7(8(2)10(12)13)9(11)5-4-6-14-3/h7-8H,4-6H2,1-3H3,(H,12,13). The minimum absolute atomic E-state index is 0.0638. The van der Waals surface area contributed by atoms with Crippen LogP contribution in [0.3, 0.4) is 0 Å². The Labute approximate surface area is 89.3 Å². The fraction of sp³-hybridized carbons (Fsp3) is 0.800. The molecule has 0 rings (SSSR count). The van der Waals surface area contributed by atoms with E-state index in [4.69, 9.17) is 5.11 Å². The van der Waals surface area contributed by atoms with Crippen LogP contribution in [-0.4, -0.2) is 28.9 Å². The Morgan fingerprint density at radius 2 is 1.86 bits per heavy atom. The highest BCUT2D eigenvalue weighted by atomic mass is 32.2. The van der Waals surface area contributed by atoms with Gasteiger partial charge in [0, 0.05) is 12.3 Å². The van der Waals surface area contributed by atoms with E-state index >= 15 is 0 Å². The Balaban J connectivity index is 3.92.